The first kappa shape index (κ1) is 13.6. The average molecular weight is 260 g/mol. The van der Waals surface area contributed by atoms with E-state index < -0.39 is 6.10 Å². The summed E-state index contributed by atoms with van der Waals surface area (Å²) in [5.74, 6) is 0.523. The zero-order chi connectivity index (χ0) is 13.8. The molecule has 2 aromatic rings. The molecule has 19 heavy (non-hydrogen) atoms. The summed E-state index contributed by atoms with van der Waals surface area (Å²) in [6.45, 7) is 4.06. The zero-order valence-corrected chi connectivity index (χ0v) is 11.1. The summed E-state index contributed by atoms with van der Waals surface area (Å²) >= 11 is 0. The van der Waals surface area contributed by atoms with E-state index in [1.807, 2.05) is 25.1 Å². The van der Waals surface area contributed by atoms with Crippen LogP contribution in [0, 0.1) is 12.7 Å². The number of aliphatic hydroxyl groups is 1. The second kappa shape index (κ2) is 5.85. The van der Waals surface area contributed by atoms with Crippen molar-refractivity contribution < 1.29 is 14.2 Å². The fraction of sp³-hybridized carbons (Fsp3) is 0.250. The first-order valence-electron chi connectivity index (χ1n) is 6.22. The van der Waals surface area contributed by atoms with E-state index in [1.54, 1.807) is 19.1 Å². The molecule has 0 aliphatic rings. The summed E-state index contributed by atoms with van der Waals surface area (Å²) in [6, 6.07) is 11.8. The Labute approximate surface area is 112 Å². The second-order valence-corrected chi connectivity index (χ2v) is 4.62. The molecule has 0 bridgehead atoms. The van der Waals surface area contributed by atoms with Gasteiger partial charge in [0.05, 0.1) is 6.10 Å². The van der Waals surface area contributed by atoms with Crippen LogP contribution in [0.5, 0.6) is 5.75 Å². The van der Waals surface area contributed by atoms with Crippen LogP contribution in [0.1, 0.15) is 29.7 Å². The van der Waals surface area contributed by atoms with Crippen molar-refractivity contribution in [2.24, 2.45) is 0 Å². The lowest BCUT2D eigenvalue weighted by Gasteiger charge is -2.12. The van der Waals surface area contributed by atoms with Crippen molar-refractivity contribution in [2.45, 2.75) is 26.6 Å². The van der Waals surface area contributed by atoms with Gasteiger partial charge in [0, 0.05) is 0 Å². The molecule has 0 fully saturated rings. The molecule has 0 heterocycles. The number of benzene rings is 2. The number of hydrogen-bond acceptors (Lipinski definition) is 2. The Kier molecular flexibility index (Phi) is 4.17. The van der Waals surface area contributed by atoms with Crippen molar-refractivity contribution in [3.63, 3.8) is 0 Å². The Hall–Kier alpha value is -1.87. The highest BCUT2D eigenvalue weighted by molar-refractivity contribution is 5.37. The smallest absolute Gasteiger partial charge is 0.123 e. The maximum Gasteiger partial charge on any atom is 0.123 e. The Morgan fingerprint density at radius 3 is 2.42 bits per heavy atom. The van der Waals surface area contributed by atoms with Gasteiger partial charge >= 0.3 is 0 Å². The fourth-order valence-electron chi connectivity index (χ4n) is 1.84. The third kappa shape index (κ3) is 3.55. The van der Waals surface area contributed by atoms with Crippen LogP contribution in [-0.2, 0) is 6.61 Å². The van der Waals surface area contributed by atoms with Crippen molar-refractivity contribution >= 4 is 0 Å². The van der Waals surface area contributed by atoms with Crippen LogP contribution in [0.25, 0.3) is 0 Å². The minimum atomic E-state index is -0.482. The van der Waals surface area contributed by atoms with Crippen molar-refractivity contribution in [3.8, 4) is 5.75 Å². The van der Waals surface area contributed by atoms with E-state index in [9.17, 15) is 9.50 Å². The summed E-state index contributed by atoms with van der Waals surface area (Å²) in [4.78, 5) is 0. The van der Waals surface area contributed by atoms with Gasteiger partial charge < -0.3 is 9.84 Å². The van der Waals surface area contributed by atoms with Crippen LogP contribution >= 0.6 is 0 Å². The lowest BCUT2D eigenvalue weighted by Crippen LogP contribution is -1.99. The van der Waals surface area contributed by atoms with Crippen molar-refractivity contribution in [1.82, 2.24) is 0 Å². The molecule has 0 saturated carbocycles. The summed E-state index contributed by atoms with van der Waals surface area (Å²) in [5.41, 5.74) is 2.76. The van der Waals surface area contributed by atoms with Crippen molar-refractivity contribution in [2.75, 3.05) is 0 Å². The Bertz CT molecular complexity index is 547. The Morgan fingerprint density at radius 1 is 1.16 bits per heavy atom. The molecule has 1 atom stereocenters. The van der Waals surface area contributed by atoms with Gasteiger partial charge in [-0.3, -0.25) is 0 Å². The minimum absolute atomic E-state index is 0.249. The lowest BCUT2D eigenvalue weighted by molar-refractivity contribution is 0.199. The van der Waals surface area contributed by atoms with Crippen LogP contribution in [0.4, 0.5) is 4.39 Å². The van der Waals surface area contributed by atoms with E-state index in [4.69, 9.17) is 4.74 Å². The van der Waals surface area contributed by atoms with Gasteiger partial charge in [0.15, 0.2) is 0 Å². The van der Waals surface area contributed by atoms with E-state index in [2.05, 4.69) is 0 Å². The van der Waals surface area contributed by atoms with E-state index in [1.165, 1.54) is 12.1 Å². The quantitative estimate of drug-likeness (QED) is 0.906. The van der Waals surface area contributed by atoms with Crippen LogP contribution in [0.3, 0.4) is 0 Å². The van der Waals surface area contributed by atoms with Crippen molar-refractivity contribution in [1.29, 1.82) is 0 Å². The Morgan fingerprint density at radius 2 is 1.84 bits per heavy atom. The van der Waals surface area contributed by atoms with E-state index in [0.29, 0.717) is 6.61 Å². The molecule has 1 N–H and O–H groups in total. The summed E-state index contributed by atoms with van der Waals surface area (Å²) in [5, 5.41) is 9.50. The molecule has 0 spiro atoms. The highest BCUT2D eigenvalue weighted by atomic mass is 19.1. The lowest BCUT2D eigenvalue weighted by atomic mass is 10.1. The molecule has 2 rings (SSSR count). The predicted molar refractivity (Wildman–Crippen MR) is 72.5 cm³/mol. The van der Waals surface area contributed by atoms with Crippen LogP contribution in [0.2, 0.25) is 0 Å². The summed E-state index contributed by atoms with van der Waals surface area (Å²) < 4.78 is 18.5. The standard InChI is InChI=1S/C16H17FO2/c1-11-9-14(12(2)18)5-8-16(11)19-10-13-3-6-15(17)7-4-13/h3-9,12,18H,10H2,1-2H3/t12-/m1/s1. The molecule has 100 valence electrons. The highest BCUT2D eigenvalue weighted by Gasteiger charge is 2.05. The van der Waals surface area contributed by atoms with Crippen LogP contribution < -0.4 is 4.74 Å². The molecule has 0 unspecified atom stereocenters. The monoisotopic (exact) mass is 260 g/mol. The molecule has 0 aliphatic heterocycles. The van der Waals surface area contributed by atoms with Gasteiger partial charge in [-0.2, -0.15) is 0 Å². The number of aliphatic hydroxyl groups excluding tert-OH is 1. The maximum atomic E-state index is 12.8. The topological polar surface area (TPSA) is 29.5 Å². The minimum Gasteiger partial charge on any atom is -0.489 e. The van der Waals surface area contributed by atoms with Gasteiger partial charge in [-0.1, -0.05) is 18.2 Å². The first-order valence-corrected chi connectivity index (χ1v) is 6.22. The molecule has 0 amide bonds. The number of hydrogen-bond donors (Lipinski definition) is 1. The average Bonchev–Trinajstić information content (AvgIpc) is 2.39. The molecule has 3 heteroatoms. The zero-order valence-electron chi connectivity index (χ0n) is 11.1. The maximum absolute atomic E-state index is 12.8. The van der Waals surface area contributed by atoms with E-state index >= 15 is 0 Å². The summed E-state index contributed by atoms with van der Waals surface area (Å²) in [6.07, 6.45) is -0.482. The molecule has 2 aromatic carbocycles. The van der Waals surface area contributed by atoms with Crippen LogP contribution in [-0.4, -0.2) is 5.11 Å². The molecule has 0 radical (unpaired) electrons. The number of rotatable bonds is 4. The number of ether oxygens (including phenoxy) is 1. The highest BCUT2D eigenvalue weighted by Crippen LogP contribution is 2.23. The van der Waals surface area contributed by atoms with Crippen LogP contribution in [0.15, 0.2) is 42.5 Å². The SMILES string of the molecule is Cc1cc([C@@H](C)O)ccc1OCc1ccc(F)cc1. The van der Waals surface area contributed by atoms with Gasteiger partial charge in [-0.25, -0.2) is 4.39 Å². The molecule has 0 aliphatic carbocycles. The third-order valence-electron chi connectivity index (χ3n) is 2.99. The predicted octanol–water partition coefficient (Wildman–Crippen LogP) is 3.77. The number of aryl methyl sites for hydroxylation is 1. The molecular weight excluding hydrogens is 243 g/mol. The summed E-state index contributed by atoms with van der Waals surface area (Å²) in [7, 11) is 0. The van der Waals surface area contributed by atoms with E-state index in [0.717, 1.165) is 22.4 Å². The largest absolute Gasteiger partial charge is 0.489 e. The van der Waals surface area contributed by atoms with Gasteiger partial charge in [0.25, 0.3) is 0 Å². The number of halogens is 1. The van der Waals surface area contributed by atoms with Gasteiger partial charge in [0.1, 0.15) is 18.2 Å². The molecule has 2 nitrogen and oxygen atoms in total. The van der Waals surface area contributed by atoms with Gasteiger partial charge in [-0.15, -0.1) is 0 Å². The van der Waals surface area contributed by atoms with Crippen molar-refractivity contribution in [3.05, 3.63) is 65.0 Å². The first-order chi connectivity index (χ1) is 9.06. The molecule has 0 saturated heterocycles. The van der Waals surface area contributed by atoms with Gasteiger partial charge in [-0.05, 0) is 54.8 Å². The third-order valence-corrected chi connectivity index (χ3v) is 2.99. The van der Waals surface area contributed by atoms with E-state index in [-0.39, 0.29) is 5.82 Å². The van der Waals surface area contributed by atoms with Gasteiger partial charge in [0.2, 0.25) is 0 Å². The fourth-order valence-corrected chi connectivity index (χ4v) is 1.84. The molecule has 0 aromatic heterocycles. The normalized spacial score (nSPS) is 12.2. The molecular formula is C16H17FO2. The second-order valence-electron chi connectivity index (χ2n) is 4.62. The Balaban J connectivity index is 2.05.